The first-order valence-corrected chi connectivity index (χ1v) is 5.72. The summed E-state index contributed by atoms with van der Waals surface area (Å²) in [4.78, 5) is 0. The molecule has 1 unspecified atom stereocenters. The number of halogens is 1. The maximum absolute atomic E-state index is 13.0. The number of ether oxygens (including phenoxy) is 1. The van der Waals surface area contributed by atoms with Crippen LogP contribution in [0.5, 0.6) is 0 Å². The molecule has 0 amide bonds. The molecule has 0 spiro atoms. The molecule has 2 nitrogen and oxygen atoms in total. The summed E-state index contributed by atoms with van der Waals surface area (Å²) in [6.45, 7) is 3.78. The van der Waals surface area contributed by atoms with Crippen LogP contribution in [-0.2, 0) is 4.74 Å². The van der Waals surface area contributed by atoms with Crippen molar-refractivity contribution in [1.29, 1.82) is 0 Å². The molecule has 1 aromatic carbocycles. The molecule has 0 aliphatic carbocycles. The van der Waals surface area contributed by atoms with Crippen LogP contribution in [-0.4, -0.2) is 20.3 Å². The lowest BCUT2D eigenvalue weighted by molar-refractivity contribution is 0.192. The number of nitrogens with one attached hydrogen (secondary N) is 1. The molecule has 0 aromatic heterocycles. The third-order valence-electron chi connectivity index (χ3n) is 2.57. The lowest BCUT2D eigenvalue weighted by Crippen LogP contribution is -2.20. The van der Waals surface area contributed by atoms with Crippen LogP contribution in [0.1, 0.15) is 31.4 Å². The predicted molar refractivity (Wildman–Crippen MR) is 63.9 cm³/mol. The average Bonchev–Trinajstić information content (AvgIpc) is 2.28. The minimum absolute atomic E-state index is 0.175. The van der Waals surface area contributed by atoms with E-state index in [1.807, 2.05) is 13.0 Å². The van der Waals surface area contributed by atoms with Crippen molar-refractivity contribution < 1.29 is 9.13 Å². The van der Waals surface area contributed by atoms with Gasteiger partial charge in [0.15, 0.2) is 0 Å². The number of unbranched alkanes of at least 4 members (excludes halogenated alkanes) is 1. The molecule has 0 aliphatic rings. The average molecular weight is 225 g/mol. The van der Waals surface area contributed by atoms with Crippen molar-refractivity contribution in [3.63, 3.8) is 0 Å². The summed E-state index contributed by atoms with van der Waals surface area (Å²) in [5, 5.41) is 3.36. The minimum atomic E-state index is -0.175. The molecule has 1 rings (SSSR count). The number of rotatable bonds is 7. The predicted octanol–water partition coefficient (Wildman–Crippen LogP) is 2.90. The minimum Gasteiger partial charge on any atom is -0.385 e. The zero-order valence-corrected chi connectivity index (χ0v) is 10.0. The van der Waals surface area contributed by atoms with Crippen LogP contribution < -0.4 is 5.32 Å². The van der Waals surface area contributed by atoms with Gasteiger partial charge in [0.25, 0.3) is 0 Å². The van der Waals surface area contributed by atoms with Gasteiger partial charge in [0, 0.05) is 19.8 Å². The Bertz CT molecular complexity index is 304. The highest BCUT2D eigenvalue weighted by Gasteiger charge is 2.04. The van der Waals surface area contributed by atoms with Gasteiger partial charge in [-0.15, -0.1) is 0 Å². The van der Waals surface area contributed by atoms with Crippen molar-refractivity contribution in [1.82, 2.24) is 5.32 Å². The second-order valence-corrected chi connectivity index (χ2v) is 3.93. The number of benzene rings is 1. The van der Waals surface area contributed by atoms with Crippen LogP contribution in [0.4, 0.5) is 4.39 Å². The molecule has 90 valence electrons. The highest BCUT2D eigenvalue weighted by atomic mass is 19.1. The fraction of sp³-hybridized carbons (Fsp3) is 0.538. The Balaban J connectivity index is 2.27. The van der Waals surface area contributed by atoms with E-state index in [4.69, 9.17) is 4.74 Å². The van der Waals surface area contributed by atoms with Crippen molar-refractivity contribution in [3.05, 3.63) is 35.6 Å². The van der Waals surface area contributed by atoms with Crippen molar-refractivity contribution in [2.24, 2.45) is 0 Å². The van der Waals surface area contributed by atoms with E-state index in [0.29, 0.717) is 0 Å². The SMILES string of the molecule is COCCCCNC(C)c1cccc(F)c1. The fourth-order valence-electron chi connectivity index (χ4n) is 1.58. The number of hydrogen-bond acceptors (Lipinski definition) is 2. The fourth-order valence-corrected chi connectivity index (χ4v) is 1.58. The van der Waals surface area contributed by atoms with Gasteiger partial charge in [0.1, 0.15) is 5.82 Å². The largest absolute Gasteiger partial charge is 0.385 e. The zero-order chi connectivity index (χ0) is 11.8. The van der Waals surface area contributed by atoms with Gasteiger partial charge in [-0.1, -0.05) is 12.1 Å². The first-order chi connectivity index (χ1) is 7.74. The standard InChI is InChI=1S/C13H20FNO/c1-11(15-8-3-4-9-16-2)12-6-5-7-13(14)10-12/h5-7,10-11,15H,3-4,8-9H2,1-2H3. The third kappa shape index (κ3) is 4.73. The van der Waals surface area contributed by atoms with E-state index in [0.717, 1.165) is 31.6 Å². The molecule has 0 aliphatic heterocycles. The van der Waals surface area contributed by atoms with Gasteiger partial charge in [-0.2, -0.15) is 0 Å². The summed E-state index contributed by atoms with van der Waals surface area (Å²) >= 11 is 0. The Morgan fingerprint density at radius 1 is 1.38 bits per heavy atom. The summed E-state index contributed by atoms with van der Waals surface area (Å²) in [7, 11) is 1.71. The van der Waals surface area contributed by atoms with Crippen LogP contribution >= 0.6 is 0 Å². The van der Waals surface area contributed by atoms with Crippen LogP contribution in [0.2, 0.25) is 0 Å². The topological polar surface area (TPSA) is 21.3 Å². The van der Waals surface area contributed by atoms with Crippen molar-refractivity contribution in [3.8, 4) is 0 Å². The third-order valence-corrected chi connectivity index (χ3v) is 2.57. The molecule has 1 aromatic rings. The molecule has 3 heteroatoms. The molecular formula is C13H20FNO. The molecule has 0 fully saturated rings. The summed E-state index contributed by atoms with van der Waals surface area (Å²) in [6, 6.07) is 6.92. The van der Waals surface area contributed by atoms with E-state index >= 15 is 0 Å². The van der Waals surface area contributed by atoms with Crippen molar-refractivity contribution >= 4 is 0 Å². The zero-order valence-electron chi connectivity index (χ0n) is 10.0. The Labute approximate surface area is 96.8 Å². The van der Waals surface area contributed by atoms with Gasteiger partial charge in [0.05, 0.1) is 0 Å². The van der Waals surface area contributed by atoms with E-state index in [-0.39, 0.29) is 11.9 Å². The van der Waals surface area contributed by atoms with Gasteiger partial charge < -0.3 is 10.1 Å². The maximum atomic E-state index is 13.0. The van der Waals surface area contributed by atoms with E-state index in [1.54, 1.807) is 19.2 Å². The lowest BCUT2D eigenvalue weighted by Gasteiger charge is -2.14. The quantitative estimate of drug-likeness (QED) is 0.720. The molecule has 0 heterocycles. The van der Waals surface area contributed by atoms with Crippen LogP contribution in [0, 0.1) is 5.82 Å². The lowest BCUT2D eigenvalue weighted by atomic mass is 10.1. The Kier molecular flexibility index (Phi) is 6.04. The highest BCUT2D eigenvalue weighted by Crippen LogP contribution is 2.13. The monoisotopic (exact) mass is 225 g/mol. The Morgan fingerprint density at radius 3 is 2.88 bits per heavy atom. The van der Waals surface area contributed by atoms with Gasteiger partial charge in [-0.3, -0.25) is 0 Å². The molecule has 0 saturated carbocycles. The molecule has 0 bridgehead atoms. The first kappa shape index (κ1) is 13.1. The molecule has 0 radical (unpaired) electrons. The number of hydrogen-bond donors (Lipinski definition) is 1. The summed E-state index contributed by atoms with van der Waals surface area (Å²) < 4.78 is 17.9. The van der Waals surface area contributed by atoms with Gasteiger partial charge in [0.2, 0.25) is 0 Å². The van der Waals surface area contributed by atoms with E-state index in [1.165, 1.54) is 6.07 Å². The molecule has 1 atom stereocenters. The Hall–Kier alpha value is -0.930. The van der Waals surface area contributed by atoms with E-state index in [2.05, 4.69) is 5.32 Å². The second kappa shape index (κ2) is 7.36. The van der Waals surface area contributed by atoms with Gasteiger partial charge >= 0.3 is 0 Å². The van der Waals surface area contributed by atoms with Crippen molar-refractivity contribution in [2.75, 3.05) is 20.3 Å². The normalized spacial score (nSPS) is 12.7. The van der Waals surface area contributed by atoms with E-state index in [9.17, 15) is 4.39 Å². The molecule has 1 N–H and O–H groups in total. The van der Waals surface area contributed by atoms with Gasteiger partial charge in [-0.25, -0.2) is 4.39 Å². The summed E-state index contributed by atoms with van der Waals surface area (Å²) in [5.74, 6) is -0.175. The number of methoxy groups -OCH3 is 1. The molecular weight excluding hydrogens is 205 g/mol. The van der Waals surface area contributed by atoms with Crippen LogP contribution in [0.15, 0.2) is 24.3 Å². The first-order valence-electron chi connectivity index (χ1n) is 5.72. The second-order valence-electron chi connectivity index (χ2n) is 3.93. The summed E-state index contributed by atoms with van der Waals surface area (Å²) in [6.07, 6.45) is 2.13. The smallest absolute Gasteiger partial charge is 0.123 e. The highest BCUT2D eigenvalue weighted by molar-refractivity contribution is 5.19. The van der Waals surface area contributed by atoms with Crippen LogP contribution in [0.3, 0.4) is 0 Å². The van der Waals surface area contributed by atoms with E-state index < -0.39 is 0 Å². The molecule has 16 heavy (non-hydrogen) atoms. The van der Waals surface area contributed by atoms with Gasteiger partial charge in [-0.05, 0) is 44.0 Å². The summed E-state index contributed by atoms with van der Waals surface area (Å²) in [5.41, 5.74) is 0.992. The van der Waals surface area contributed by atoms with Crippen molar-refractivity contribution in [2.45, 2.75) is 25.8 Å². The molecule has 0 saturated heterocycles. The maximum Gasteiger partial charge on any atom is 0.123 e. The van der Waals surface area contributed by atoms with Crippen LogP contribution in [0.25, 0.3) is 0 Å². The Morgan fingerprint density at radius 2 is 2.19 bits per heavy atom.